The Morgan fingerprint density at radius 3 is 2.66 bits per heavy atom. The van der Waals surface area contributed by atoms with Crippen LogP contribution in [-0.4, -0.2) is 47.9 Å². The van der Waals surface area contributed by atoms with Crippen LogP contribution in [0.1, 0.15) is 54.7 Å². The topological polar surface area (TPSA) is 49.9 Å². The van der Waals surface area contributed by atoms with E-state index in [1.807, 2.05) is 17.0 Å². The number of benzene rings is 1. The smallest absolute Gasteiger partial charge is 0.242 e. The van der Waals surface area contributed by atoms with Gasteiger partial charge in [-0.15, -0.1) is 17.9 Å². The van der Waals surface area contributed by atoms with Gasteiger partial charge in [0, 0.05) is 23.9 Å². The van der Waals surface area contributed by atoms with Crippen molar-refractivity contribution < 1.29 is 14.3 Å². The molecule has 5 nitrogen and oxygen atoms in total. The van der Waals surface area contributed by atoms with Crippen molar-refractivity contribution in [1.29, 1.82) is 0 Å². The summed E-state index contributed by atoms with van der Waals surface area (Å²) in [5.74, 6) is 1.41. The van der Waals surface area contributed by atoms with E-state index in [1.165, 1.54) is 10.4 Å². The number of amides is 2. The van der Waals surface area contributed by atoms with E-state index in [0.29, 0.717) is 25.6 Å². The first-order chi connectivity index (χ1) is 15.5. The van der Waals surface area contributed by atoms with Crippen molar-refractivity contribution in [1.82, 2.24) is 9.80 Å². The van der Waals surface area contributed by atoms with Crippen LogP contribution < -0.4 is 4.74 Å². The lowest BCUT2D eigenvalue weighted by Crippen LogP contribution is -2.48. The molecule has 2 amide bonds. The monoisotopic (exact) mass is 452 g/mol. The van der Waals surface area contributed by atoms with Crippen molar-refractivity contribution in [2.45, 2.75) is 45.1 Å². The second-order valence-electron chi connectivity index (χ2n) is 8.97. The molecule has 1 atom stereocenters. The van der Waals surface area contributed by atoms with Gasteiger partial charge in [-0.2, -0.15) is 0 Å². The molecule has 0 spiro atoms. The Balaban J connectivity index is 1.47. The molecule has 0 N–H and O–H groups in total. The zero-order chi connectivity index (χ0) is 22.7. The Morgan fingerprint density at radius 1 is 1.25 bits per heavy atom. The van der Waals surface area contributed by atoms with Gasteiger partial charge in [0.25, 0.3) is 0 Å². The van der Waals surface area contributed by atoms with Gasteiger partial charge in [0.1, 0.15) is 18.9 Å². The molecule has 0 radical (unpaired) electrons. The average Bonchev–Trinajstić information content (AvgIpc) is 3.53. The predicted octanol–water partition coefficient (Wildman–Crippen LogP) is 4.80. The van der Waals surface area contributed by atoms with E-state index < -0.39 is 0 Å². The number of fused-ring (bicyclic) bond motifs is 1. The lowest BCUT2D eigenvalue weighted by Gasteiger charge is -2.37. The van der Waals surface area contributed by atoms with Crippen molar-refractivity contribution in [3.63, 3.8) is 0 Å². The SMILES string of the molecule is C=CCN(CC(=O)N1CCc2sccc2C1COc1ccc(C(C)C)cc1)C(=O)C1CC1. The molecule has 4 rings (SSSR count). The fourth-order valence-corrected chi connectivity index (χ4v) is 5.16. The number of hydrogen-bond acceptors (Lipinski definition) is 4. The molecule has 0 bridgehead atoms. The molecule has 1 unspecified atom stereocenters. The van der Waals surface area contributed by atoms with Crippen LogP contribution in [0.2, 0.25) is 0 Å². The number of nitrogens with zero attached hydrogens (tertiary/aromatic N) is 2. The highest BCUT2D eigenvalue weighted by Crippen LogP contribution is 2.35. The Bertz CT molecular complexity index is 962. The minimum Gasteiger partial charge on any atom is -0.491 e. The number of hydrogen-bond donors (Lipinski definition) is 0. The zero-order valence-electron chi connectivity index (χ0n) is 19.0. The fourth-order valence-electron chi connectivity index (χ4n) is 4.23. The summed E-state index contributed by atoms with van der Waals surface area (Å²) in [7, 11) is 0. The molecular formula is C26H32N2O3S. The summed E-state index contributed by atoms with van der Waals surface area (Å²) < 4.78 is 6.15. The van der Waals surface area contributed by atoms with Gasteiger partial charge < -0.3 is 14.5 Å². The number of rotatable bonds is 9. The average molecular weight is 453 g/mol. The summed E-state index contributed by atoms with van der Waals surface area (Å²) in [6.07, 6.45) is 4.39. The molecule has 2 aliphatic rings. The zero-order valence-corrected chi connectivity index (χ0v) is 19.8. The van der Waals surface area contributed by atoms with Crippen molar-refractivity contribution in [2.24, 2.45) is 5.92 Å². The van der Waals surface area contributed by atoms with E-state index in [2.05, 4.69) is 44.0 Å². The van der Waals surface area contributed by atoms with Crippen molar-refractivity contribution in [2.75, 3.05) is 26.2 Å². The number of carbonyl (C=O) groups is 2. The van der Waals surface area contributed by atoms with Gasteiger partial charge in [0.2, 0.25) is 11.8 Å². The molecule has 1 aliphatic carbocycles. The molecule has 2 aromatic rings. The van der Waals surface area contributed by atoms with Crippen LogP contribution in [0.25, 0.3) is 0 Å². The van der Waals surface area contributed by atoms with E-state index in [4.69, 9.17) is 4.74 Å². The van der Waals surface area contributed by atoms with Crippen molar-refractivity contribution in [3.8, 4) is 5.75 Å². The molecule has 1 aromatic carbocycles. The highest BCUT2D eigenvalue weighted by atomic mass is 32.1. The Morgan fingerprint density at radius 2 is 2.00 bits per heavy atom. The maximum atomic E-state index is 13.3. The molecule has 170 valence electrons. The van der Waals surface area contributed by atoms with E-state index in [0.717, 1.165) is 30.6 Å². The second kappa shape index (κ2) is 9.90. The normalized spacial score (nSPS) is 17.7. The van der Waals surface area contributed by atoms with Crippen LogP contribution in [-0.2, 0) is 16.0 Å². The highest BCUT2D eigenvalue weighted by Gasteiger charge is 2.36. The Hall–Kier alpha value is -2.60. The fraction of sp³-hybridized carbons (Fsp3) is 0.462. The number of ether oxygens (including phenoxy) is 1. The van der Waals surface area contributed by atoms with Gasteiger partial charge in [-0.3, -0.25) is 9.59 Å². The quantitative estimate of drug-likeness (QED) is 0.514. The summed E-state index contributed by atoms with van der Waals surface area (Å²) in [5, 5.41) is 2.09. The van der Waals surface area contributed by atoms with Crippen LogP contribution in [0, 0.1) is 5.92 Å². The van der Waals surface area contributed by atoms with Crippen LogP contribution in [0.5, 0.6) is 5.75 Å². The van der Waals surface area contributed by atoms with E-state index >= 15 is 0 Å². The summed E-state index contributed by atoms with van der Waals surface area (Å²) in [6, 6.07) is 10.1. The van der Waals surface area contributed by atoms with Crippen LogP contribution >= 0.6 is 11.3 Å². The van der Waals surface area contributed by atoms with E-state index in [9.17, 15) is 9.59 Å². The minimum atomic E-state index is -0.149. The molecule has 1 saturated carbocycles. The third kappa shape index (κ3) is 5.07. The molecule has 1 fully saturated rings. The summed E-state index contributed by atoms with van der Waals surface area (Å²) in [6.45, 7) is 9.65. The molecule has 0 saturated heterocycles. The van der Waals surface area contributed by atoms with Gasteiger partial charge in [-0.25, -0.2) is 0 Å². The van der Waals surface area contributed by atoms with Crippen LogP contribution in [0.3, 0.4) is 0 Å². The van der Waals surface area contributed by atoms with E-state index in [-0.39, 0.29) is 30.3 Å². The first-order valence-electron chi connectivity index (χ1n) is 11.5. The lowest BCUT2D eigenvalue weighted by atomic mass is 10.00. The highest BCUT2D eigenvalue weighted by molar-refractivity contribution is 7.10. The van der Waals surface area contributed by atoms with Gasteiger partial charge in [0.15, 0.2) is 0 Å². The van der Waals surface area contributed by atoms with Gasteiger partial charge >= 0.3 is 0 Å². The molecular weight excluding hydrogens is 420 g/mol. The number of thiophene rings is 1. The summed E-state index contributed by atoms with van der Waals surface area (Å²) >= 11 is 1.74. The van der Waals surface area contributed by atoms with Gasteiger partial charge in [-0.1, -0.05) is 32.1 Å². The Labute approximate surface area is 194 Å². The maximum Gasteiger partial charge on any atom is 0.242 e. The molecule has 2 heterocycles. The standard InChI is InChI=1S/C26H32N2O3S/c1-4-13-27(26(30)20-5-6-20)16-25(29)28-14-11-24-22(12-15-32-24)23(28)17-31-21-9-7-19(8-10-21)18(2)3/h4,7-10,12,15,18,20,23H,1,5-6,11,13-14,16-17H2,2-3H3. The maximum absolute atomic E-state index is 13.3. The first-order valence-corrected chi connectivity index (χ1v) is 12.3. The predicted molar refractivity (Wildman–Crippen MR) is 128 cm³/mol. The summed E-state index contributed by atoms with van der Waals surface area (Å²) in [4.78, 5) is 30.8. The third-order valence-electron chi connectivity index (χ3n) is 6.28. The van der Waals surface area contributed by atoms with Crippen molar-refractivity contribution in [3.05, 3.63) is 64.4 Å². The van der Waals surface area contributed by atoms with Crippen molar-refractivity contribution >= 4 is 23.2 Å². The minimum absolute atomic E-state index is 0.0264. The summed E-state index contributed by atoms with van der Waals surface area (Å²) in [5.41, 5.74) is 2.44. The molecule has 6 heteroatoms. The van der Waals surface area contributed by atoms with E-state index in [1.54, 1.807) is 22.3 Å². The lowest BCUT2D eigenvalue weighted by molar-refractivity contribution is -0.142. The largest absolute Gasteiger partial charge is 0.491 e. The Kier molecular flexibility index (Phi) is 6.99. The first kappa shape index (κ1) is 22.6. The van der Waals surface area contributed by atoms with Crippen LogP contribution in [0.4, 0.5) is 0 Å². The molecule has 1 aromatic heterocycles. The van der Waals surface area contributed by atoms with Gasteiger partial charge in [-0.05, 0) is 59.9 Å². The third-order valence-corrected chi connectivity index (χ3v) is 7.28. The second-order valence-corrected chi connectivity index (χ2v) is 9.97. The molecule has 1 aliphatic heterocycles. The van der Waals surface area contributed by atoms with Gasteiger partial charge in [0.05, 0.1) is 6.04 Å². The number of carbonyl (C=O) groups excluding carboxylic acids is 2. The molecule has 32 heavy (non-hydrogen) atoms. The van der Waals surface area contributed by atoms with Crippen LogP contribution in [0.15, 0.2) is 48.4 Å².